The van der Waals surface area contributed by atoms with Gasteiger partial charge in [0.1, 0.15) is 5.75 Å². The van der Waals surface area contributed by atoms with Gasteiger partial charge >= 0.3 is 6.18 Å². The van der Waals surface area contributed by atoms with Crippen molar-refractivity contribution in [3.05, 3.63) is 63.1 Å². The third-order valence-corrected chi connectivity index (χ3v) is 5.78. The Balaban J connectivity index is 2.03. The highest BCUT2D eigenvalue weighted by atomic mass is 35.5. The SMILES string of the molecule is NC(CO)(CCc1ccc(OCCCc2cc(Cl)ccc2Cl)c(C(F)(F)F)c1)CO[PH2]=O. The zero-order valence-electron chi connectivity index (χ0n) is 17.1. The summed E-state index contributed by atoms with van der Waals surface area (Å²) in [7, 11) is -1.49. The molecule has 2 rings (SSSR count). The third kappa shape index (κ3) is 8.25. The van der Waals surface area contributed by atoms with E-state index in [1.54, 1.807) is 18.2 Å². The van der Waals surface area contributed by atoms with Gasteiger partial charge in [-0.15, -0.1) is 0 Å². The van der Waals surface area contributed by atoms with Crippen molar-refractivity contribution < 1.29 is 32.1 Å². The highest BCUT2D eigenvalue weighted by Gasteiger charge is 2.35. The second-order valence-electron chi connectivity index (χ2n) is 7.44. The zero-order valence-corrected chi connectivity index (χ0v) is 19.8. The molecule has 0 aliphatic heterocycles. The Bertz CT molecular complexity index is 917. The van der Waals surface area contributed by atoms with E-state index in [9.17, 15) is 22.8 Å². The Kier molecular flexibility index (Phi) is 10.3. The molecule has 11 heteroatoms. The van der Waals surface area contributed by atoms with Crippen molar-refractivity contribution in [3.8, 4) is 5.75 Å². The Morgan fingerprint density at radius 1 is 1.09 bits per heavy atom. The minimum Gasteiger partial charge on any atom is -0.493 e. The van der Waals surface area contributed by atoms with Crippen LogP contribution in [0.4, 0.5) is 13.2 Å². The molecule has 2 unspecified atom stereocenters. The number of alkyl halides is 3. The topological polar surface area (TPSA) is 81.8 Å². The van der Waals surface area contributed by atoms with Crippen molar-refractivity contribution in [1.29, 1.82) is 0 Å². The first-order valence-electron chi connectivity index (χ1n) is 9.80. The number of aliphatic hydroxyl groups excluding tert-OH is 1. The molecule has 2 aromatic rings. The highest BCUT2D eigenvalue weighted by Crippen LogP contribution is 2.37. The first kappa shape index (κ1) is 27.0. The van der Waals surface area contributed by atoms with Crippen LogP contribution in [0.15, 0.2) is 36.4 Å². The monoisotopic (exact) mass is 513 g/mol. The van der Waals surface area contributed by atoms with Gasteiger partial charge in [0.25, 0.3) is 0 Å². The largest absolute Gasteiger partial charge is 0.493 e. The van der Waals surface area contributed by atoms with E-state index in [1.165, 1.54) is 12.1 Å². The first-order valence-corrected chi connectivity index (χ1v) is 11.5. The predicted molar refractivity (Wildman–Crippen MR) is 120 cm³/mol. The molecule has 0 amide bonds. The van der Waals surface area contributed by atoms with E-state index in [2.05, 4.69) is 0 Å². The molecule has 0 saturated carbocycles. The van der Waals surface area contributed by atoms with E-state index in [0.29, 0.717) is 28.5 Å². The summed E-state index contributed by atoms with van der Waals surface area (Å²) >= 11 is 12.0. The lowest BCUT2D eigenvalue weighted by Gasteiger charge is -2.26. The second kappa shape index (κ2) is 12.3. The maximum Gasteiger partial charge on any atom is 0.419 e. The van der Waals surface area contributed by atoms with Crippen molar-refractivity contribution in [2.75, 3.05) is 19.8 Å². The fourth-order valence-corrected chi connectivity index (χ4v) is 3.86. The molecule has 32 heavy (non-hydrogen) atoms. The van der Waals surface area contributed by atoms with Crippen LogP contribution in [0.25, 0.3) is 0 Å². The lowest BCUT2D eigenvalue weighted by Crippen LogP contribution is -2.47. The van der Waals surface area contributed by atoms with Crippen LogP contribution < -0.4 is 10.5 Å². The minimum atomic E-state index is -4.60. The number of aryl methyl sites for hydroxylation is 2. The smallest absolute Gasteiger partial charge is 0.419 e. The molecule has 0 saturated heterocycles. The Labute approximate surface area is 195 Å². The van der Waals surface area contributed by atoms with E-state index >= 15 is 0 Å². The second-order valence-corrected chi connectivity index (χ2v) is 8.81. The summed E-state index contributed by atoms with van der Waals surface area (Å²) in [4.78, 5) is 0. The van der Waals surface area contributed by atoms with Gasteiger partial charge in [0, 0.05) is 10.0 Å². The first-order chi connectivity index (χ1) is 15.1. The fourth-order valence-electron chi connectivity index (χ4n) is 3.05. The van der Waals surface area contributed by atoms with Crippen LogP contribution >= 0.6 is 31.9 Å². The average molecular weight is 514 g/mol. The van der Waals surface area contributed by atoms with Gasteiger partial charge in [-0.25, -0.2) is 0 Å². The van der Waals surface area contributed by atoms with Crippen molar-refractivity contribution in [2.24, 2.45) is 5.73 Å². The summed E-state index contributed by atoms with van der Waals surface area (Å²) in [5.74, 6) is -0.266. The summed E-state index contributed by atoms with van der Waals surface area (Å²) in [6.07, 6.45) is -3.32. The fraction of sp³-hybridized carbons (Fsp3) is 0.429. The molecule has 178 valence electrons. The van der Waals surface area contributed by atoms with Crippen molar-refractivity contribution >= 4 is 31.9 Å². The van der Waals surface area contributed by atoms with E-state index in [0.717, 1.165) is 11.6 Å². The van der Waals surface area contributed by atoms with Gasteiger partial charge in [-0.3, -0.25) is 4.57 Å². The standard InChI is InChI=1S/C21H25Cl2F3NO4P/c22-16-4-5-18(23)15(11-16)2-1-9-30-19-6-3-14(10-17(19)21(24,25)26)7-8-20(27,12-28)13-31-32-29/h3-6,10-11,28H,1-2,7-9,12-13,27,32H2. The van der Waals surface area contributed by atoms with Gasteiger partial charge in [-0.05, 0) is 67.1 Å². The number of aliphatic hydroxyl groups is 1. The molecule has 2 atom stereocenters. The number of halogens is 5. The van der Waals surface area contributed by atoms with Gasteiger partial charge in [0.05, 0.1) is 30.9 Å². The van der Waals surface area contributed by atoms with Crippen LogP contribution in [0.3, 0.4) is 0 Å². The summed E-state index contributed by atoms with van der Waals surface area (Å²) in [5.41, 5.74) is 5.07. The van der Waals surface area contributed by atoms with Crippen molar-refractivity contribution in [3.63, 3.8) is 0 Å². The van der Waals surface area contributed by atoms with Gasteiger partial charge in [0.15, 0.2) is 8.69 Å². The van der Waals surface area contributed by atoms with Crippen LogP contribution in [0, 0.1) is 0 Å². The van der Waals surface area contributed by atoms with Gasteiger partial charge in [0.2, 0.25) is 0 Å². The van der Waals surface area contributed by atoms with Crippen molar-refractivity contribution in [1.82, 2.24) is 0 Å². The summed E-state index contributed by atoms with van der Waals surface area (Å²) in [5, 5.41) is 10.5. The van der Waals surface area contributed by atoms with Crippen LogP contribution in [-0.2, 0) is 28.1 Å². The molecule has 5 nitrogen and oxygen atoms in total. The molecule has 0 fully saturated rings. The molecule has 0 heterocycles. The maximum atomic E-state index is 13.6. The van der Waals surface area contributed by atoms with Crippen molar-refractivity contribution in [2.45, 2.75) is 37.4 Å². The van der Waals surface area contributed by atoms with Crippen LogP contribution in [0.2, 0.25) is 10.0 Å². The number of ether oxygens (including phenoxy) is 1. The molecule has 0 bridgehead atoms. The average Bonchev–Trinajstić information content (AvgIpc) is 2.75. The number of hydrogen-bond acceptors (Lipinski definition) is 5. The summed E-state index contributed by atoms with van der Waals surface area (Å²) < 4.78 is 61.5. The molecule has 2 aromatic carbocycles. The number of rotatable bonds is 12. The van der Waals surface area contributed by atoms with Gasteiger partial charge in [-0.2, -0.15) is 13.2 Å². The van der Waals surface area contributed by atoms with Gasteiger partial charge in [-0.1, -0.05) is 29.3 Å². The summed E-state index contributed by atoms with van der Waals surface area (Å²) in [6.45, 7) is -0.529. The highest BCUT2D eigenvalue weighted by molar-refractivity contribution is 7.17. The van der Waals surface area contributed by atoms with Gasteiger partial charge < -0.3 is 20.1 Å². The number of hydrogen-bond donors (Lipinski definition) is 2. The molecule has 0 radical (unpaired) electrons. The molecular weight excluding hydrogens is 489 g/mol. The maximum absolute atomic E-state index is 13.6. The minimum absolute atomic E-state index is 0.0660. The number of nitrogens with two attached hydrogens (primary N) is 1. The van der Waals surface area contributed by atoms with Crippen LogP contribution in [0.1, 0.15) is 29.5 Å². The molecule has 0 aliphatic carbocycles. The zero-order chi connectivity index (χ0) is 23.8. The Hall–Kier alpha value is -1.28. The number of benzene rings is 2. The predicted octanol–water partition coefficient (Wildman–Crippen LogP) is 5.33. The molecule has 3 N–H and O–H groups in total. The van der Waals surface area contributed by atoms with E-state index in [1.807, 2.05) is 0 Å². The molecule has 0 aromatic heterocycles. The van der Waals surface area contributed by atoms with E-state index < -0.39 is 32.6 Å². The third-order valence-electron chi connectivity index (χ3n) is 4.87. The molecule has 0 spiro atoms. The summed E-state index contributed by atoms with van der Waals surface area (Å²) in [6, 6.07) is 8.86. The molecule has 0 aliphatic rings. The van der Waals surface area contributed by atoms with E-state index in [4.69, 9.17) is 38.2 Å². The lowest BCUT2D eigenvalue weighted by molar-refractivity contribution is -0.139. The molecular formula is C21H25Cl2F3NO4P. The normalized spacial score (nSPS) is 14.1. The van der Waals surface area contributed by atoms with E-state index in [-0.39, 0.29) is 31.8 Å². The quantitative estimate of drug-likeness (QED) is 0.296. The van der Waals surface area contributed by atoms with Crippen LogP contribution in [0.5, 0.6) is 5.75 Å². The Morgan fingerprint density at radius 2 is 1.84 bits per heavy atom. The van der Waals surface area contributed by atoms with Crippen LogP contribution in [-0.4, -0.2) is 30.5 Å². The lowest BCUT2D eigenvalue weighted by atomic mass is 9.93. The Morgan fingerprint density at radius 3 is 2.50 bits per heavy atom.